The number of carbonyl (C=O) groups excluding carboxylic acids is 2. The number of benzene rings is 1. The molecule has 7 heteroatoms. The maximum atomic E-state index is 13.0. The van der Waals surface area contributed by atoms with Crippen molar-refractivity contribution in [1.29, 1.82) is 0 Å². The number of aromatic nitrogens is 4. The summed E-state index contributed by atoms with van der Waals surface area (Å²) < 4.78 is 1.81. The van der Waals surface area contributed by atoms with Gasteiger partial charge < -0.3 is 10.3 Å². The average Bonchev–Trinajstić information content (AvgIpc) is 3.39. The van der Waals surface area contributed by atoms with E-state index in [2.05, 4.69) is 15.3 Å². The molecule has 4 aromatic rings. The van der Waals surface area contributed by atoms with Gasteiger partial charge in [-0.1, -0.05) is 25.1 Å². The molecule has 0 bridgehead atoms. The number of carbonyl (C=O) groups is 2. The van der Waals surface area contributed by atoms with Gasteiger partial charge in [0, 0.05) is 47.5 Å². The number of ketones is 1. The standard InChI is InChI=1S/C25H25N5O2/c1-4-21-22(17(3)31)16(2)28-24(21)25(32)27-14-19-15-30(20-8-6-5-7-9-20)29-23(19)18-10-12-26-13-11-18/h5-13,15,28H,4,14H2,1-3H3,(H,27,32). The van der Waals surface area contributed by atoms with Crippen LogP contribution in [0.25, 0.3) is 16.9 Å². The van der Waals surface area contributed by atoms with Crippen LogP contribution in [0.1, 0.15) is 51.5 Å². The van der Waals surface area contributed by atoms with E-state index in [-0.39, 0.29) is 11.7 Å². The van der Waals surface area contributed by atoms with Gasteiger partial charge in [-0.2, -0.15) is 5.10 Å². The zero-order valence-electron chi connectivity index (χ0n) is 18.3. The minimum absolute atomic E-state index is 0.0428. The van der Waals surface area contributed by atoms with Crippen molar-refractivity contribution in [2.45, 2.75) is 33.7 Å². The summed E-state index contributed by atoms with van der Waals surface area (Å²) in [6.45, 7) is 5.57. The molecule has 162 valence electrons. The Balaban J connectivity index is 1.65. The highest BCUT2D eigenvalue weighted by Crippen LogP contribution is 2.24. The first-order chi connectivity index (χ1) is 15.5. The van der Waals surface area contributed by atoms with Gasteiger partial charge in [0.15, 0.2) is 5.78 Å². The summed E-state index contributed by atoms with van der Waals surface area (Å²) in [7, 11) is 0. The average molecular weight is 428 g/mol. The molecule has 1 amide bonds. The van der Waals surface area contributed by atoms with E-state index in [1.54, 1.807) is 17.1 Å². The summed E-state index contributed by atoms with van der Waals surface area (Å²) >= 11 is 0. The number of rotatable bonds is 7. The zero-order valence-corrected chi connectivity index (χ0v) is 18.3. The van der Waals surface area contributed by atoms with Crippen molar-refractivity contribution in [3.8, 4) is 16.9 Å². The lowest BCUT2D eigenvalue weighted by atomic mass is 10.0. The van der Waals surface area contributed by atoms with Crippen molar-refractivity contribution in [1.82, 2.24) is 25.1 Å². The Kier molecular flexibility index (Phi) is 5.98. The maximum Gasteiger partial charge on any atom is 0.268 e. The van der Waals surface area contributed by atoms with Gasteiger partial charge in [-0.05, 0) is 50.1 Å². The van der Waals surface area contributed by atoms with E-state index in [9.17, 15) is 9.59 Å². The molecular formula is C25H25N5O2. The van der Waals surface area contributed by atoms with Gasteiger partial charge in [-0.15, -0.1) is 0 Å². The number of hydrogen-bond donors (Lipinski definition) is 2. The van der Waals surface area contributed by atoms with Crippen molar-refractivity contribution in [3.05, 3.63) is 89.1 Å². The number of amides is 1. The number of aromatic amines is 1. The SMILES string of the molecule is CCc1c(C(=O)NCc2cn(-c3ccccc3)nc2-c2ccncc2)[nH]c(C)c1C(C)=O. The zero-order chi connectivity index (χ0) is 22.7. The van der Waals surface area contributed by atoms with Crippen molar-refractivity contribution in [2.75, 3.05) is 0 Å². The minimum atomic E-state index is -0.245. The van der Waals surface area contributed by atoms with Gasteiger partial charge in [0.05, 0.1) is 11.4 Å². The Morgan fingerprint density at radius 1 is 1.09 bits per heavy atom. The first-order valence-corrected chi connectivity index (χ1v) is 10.5. The molecular weight excluding hydrogens is 402 g/mol. The van der Waals surface area contributed by atoms with Crippen LogP contribution in [0.2, 0.25) is 0 Å². The topological polar surface area (TPSA) is 92.7 Å². The molecule has 7 nitrogen and oxygen atoms in total. The Morgan fingerprint density at radius 2 is 1.81 bits per heavy atom. The second kappa shape index (κ2) is 9.01. The molecule has 0 radical (unpaired) electrons. The summed E-state index contributed by atoms with van der Waals surface area (Å²) in [5, 5.41) is 7.76. The Bertz CT molecular complexity index is 1260. The minimum Gasteiger partial charge on any atom is -0.354 e. The van der Waals surface area contributed by atoms with Gasteiger partial charge in [0.2, 0.25) is 0 Å². The molecule has 3 aromatic heterocycles. The molecule has 32 heavy (non-hydrogen) atoms. The fourth-order valence-electron chi connectivity index (χ4n) is 3.97. The summed E-state index contributed by atoms with van der Waals surface area (Å²) in [4.78, 5) is 32.2. The van der Waals surface area contributed by atoms with Crippen LogP contribution < -0.4 is 5.32 Å². The highest BCUT2D eigenvalue weighted by Gasteiger charge is 2.22. The molecule has 1 aromatic carbocycles. The second-order valence-corrected chi connectivity index (χ2v) is 7.59. The van der Waals surface area contributed by atoms with E-state index >= 15 is 0 Å². The van der Waals surface area contributed by atoms with Crippen LogP contribution in [-0.2, 0) is 13.0 Å². The first-order valence-electron chi connectivity index (χ1n) is 10.5. The van der Waals surface area contributed by atoms with Gasteiger partial charge >= 0.3 is 0 Å². The Labute approximate surface area is 186 Å². The molecule has 0 unspecified atom stereocenters. The summed E-state index contributed by atoms with van der Waals surface area (Å²) in [6.07, 6.45) is 5.96. The number of nitrogens with zero attached hydrogens (tertiary/aromatic N) is 3. The molecule has 0 aliphatic heterocycles. The van der Waals surface area contributed by atoms with E-state index in [0.29, 0.717) is 29.9 Å². The fraction of sp³-hybridized carbons (Fsp3) is 0.200. The number of para-hydroxylation sites is 1. The lowest BCUT2D eigenvalue weighted by Crippen LogP contribution is -2.24. The quantitative estimate of drug-likeness (QED) is 0.431. The smallest absolute Gasteiger partial charge is 0.268 e. The van der Waals surface area contributed by atoms with E-state index in [1.165, 1.54) is 6.92 Å². The lowest BCUT2D eigenvalue weighted by Gasteiger charge is -2.07. The normalized spacial score (nSPS) is 10.8. The highest BCUT2D eigenvalue weighted by molar-refractivity contribution is 6.02. The third kappa shape index (κ3) is 4.09. The van der Waals surface area contributed by atoms with E-state index < -0.39 is 0 Å². The van der Waals surface area contributed by atoms with Crippen LogP contribution in [0.3, 0.4) is 0 Å². The van der Waals surface area contributed by atoms with Gasteiger partial charge in [0.1, 0.15) is 5.69 Å². The predicted molar refractivity (Wildman–Crippen MR) is 123 cm³/mol. The number of Topliss-reactive ketones (excluding diaryl/α,β-unsaturated/α-hetero) is 1. The predicted octanol–water partition coefficient (Wildman–Crippen LogP) is 4.27. The molecule has 4 rings (SSSR count). The summed E-state index contributed by atoms with van der Waals surface area (Å²) in [5.41, 5.74) is 6.02. The fourth-order valence-corrected chi connectivity index (χ4v) is 3.97. The van der Waals surface area contributed by atoms with Crippen LogP contribution in [0.4, 0.5) is 0 Å². The van der Waals surface area contributed by atoms with Crippen LogP contribution >= 0.6 is 0 Å². The maximum absolute atomic E-state index is 13.0. The molecule has 2 N–H and O–H groups in total. The molecule has 0 fully saturated rings. The van der Waals surface area contributed by atoms with E-state index in [0.717, 1.165) is 28.1 Å². The monoisotopic (exact) mass is 427 g/mol. The number of hydrogen-bond acceptors (Lipinski definition) is 4. The highest BCUT2D eigenvalue weighted by atomic mass is 16.2. The van der Waals surface area contributed by atoms with Crippen LogP contribution in [0.15, 0.2) is 61.1 Å². The Morgan fingerprint density at radius 3 is 2.47 bits per heavy atom. The Hall–Kier alpha value is -4.00. The number of nitrogens with one attached hydrogen (secondary N) is 2. The third-order valence-corrected chi connectivity index (χ3v) is 5.43. The molecule has 0 aliphatic rings. The third-order valence-electron chi connectivity index (χ3n) is 5.43. The van der Waals surface area contributed by atoms with Crippen molar-refractivity contribution in [3.63, 3.8) is 0 Å². The van der Waals surface area contributed by atoms with Crippen molar-refractivity contribution in [2.24, 2.45) is 0 Å². The summed E-state index contributed by atoms with van der Waals surface area (Å²) in [6, 6.07) is 13.6. The number of aryl methyl sites for hydroxylation is 1. The van der Waals surface area contributed by atoms with Crippen molar-refractivity contribution >= 4 is 11.7 Å². The van der Waals surface area contributed by atoms with Crippen molar-refractivity contribution < 1.29 is 9.59 Å². The van der Waals surface area contributed by atoms with Gasteiger partial charge in [-0.3, -0.25) is 14.6 Å². The number of pyridine rings is 1. The van der Waals surface area contributed by atoms with E-state index in [4.69, 9.17) is 5.10 Å². The van der Waals surface area contributed by atoms with E-state index in [1.807, 2.05) is 62.5 Å². The molecule has 3 heterocycles. The van der Waals surface area contributed by atoms with Gasteiger partial charge in [0.25, 0.3) is 5.91 Å². The number of H-pyrrole nitrogens is 1. The molecule has 0 saturated heterocycles. The second-order valence-electron chi connectivity index (χ2n) is 7.59. The van der Waals surface area contributed by atoms with Crippen LogP contribution in [0.5, 0.6) is 0 Å². The summed E-state index contributed by atoms with van der Waals surface area (Å²) in [5.74, 6) is -0.288. The van der Waals surface area contributed by atoms with Crippen LogP contribution in [0, 0.1) is 6.92 Å². The first kappa shape index (κ1) is 21.2. The lowest BCUT2D eigenvalue weighted by molar-refractivity contribution is 0.0945. The molecule has 0 atom stereocenters. The van der Waals surface area contributed by atoms with Crippen LogP contribution in [-0.4, -0.2) is 31.4 Å². The largest absolute Gasteiger partial charge is 0.354 e. The molecule has 0 aliphatic carbocycles. The molecule has 0 spiro atoms. The molecule has 0 saturated carbocycles. The van der Waals surface area contributed by atoms with Gasteiger partial charge in [-0.25, -0.2) is 4.68 Å².